The Morgan fingerprint density at radius 2 is 1.41 bits per heavy atom. The summed E-state index contributed by atoms with van der Waals surface area (Å²) in [7, 11) is 2.63. The highest BCUT2D eigenvalue weighted by molar-refractivity contribution is 6.05. The molecule has 0 saturated heterocycles. The van der Waals surface area contributed by atoms with E-state index >= 15 is 0 Å². The molecule has 34 heavy (non-hydrogen) atoms. The van der Waals surface area contributed by atoms with Crippen molar-refractivity contribution < 1.29 is 23.8 Å². The quantitative estimate of drug-likeness (QED) is 0.402. The van der Waals surface area contributed by atoms with E-state index in [9.17, 15) is 9.59 Å². The molecule has 4 aromatic rings. The molecule has 2 aliphatic rings. The van der Waals surface area contributed by atoms with Crippen molar-refractivity contribution in [2.75, 3.05) is 14.2 Å². The molecule has 4 aromatic carbocycles. The van der Waals surface area contributed by atoms with E-state index in [2.05, 4.69) is 36.4 Å². The van der Waals surface area contributed by atoms with Crippen LogP contribution in [0.3, 0.4) is 0 Å². The fourth-order valence-electron chi connectivity index (χ4n) is 5.47. The number of carbonyl (C=O) groups excluding carboxylic acids is 2. The van der Waals surface area contributed by atoms with Crippen LogP contribution in [-0.4, -0.2) is 26.2 Å². The molecule has 5 nitrogen and oxygen atoms in total. The van der Waals surface area contributed by atoms with Crippen LogP contribution in [0, 0.1) is 0 Å². The Labute approximate surface area is 196 Å². The van der Waals surface area contributed by atoms with Gasteiger partial charge in [-0.1, -0.05) is 66.7 Å². The van der Waals surface area contributed by atoms with Gasteiger partial charge in [0.15, 0.2) is 0 Å². The highest BCUT2D eigenvalue weighted by Gasteiger charge is 2.60. The molecule has 0 amide bonds. The smallest absolute Gasteiger partial charge is 0.337 e. The maximum absolute atomic E-state index is 13.1. The van der Waals surface area contributed by atoms with Gasteiger partial charge in [0.1, 0.15) is 11.7 Å². The van der Waals surface area contributed by atoms with Gasteiger partial charge in [-0.3, -0.25) is 0 Å². The molecule has 0 N–H and O–H groups in total. The van der Waals surface area contributed by atoms with E-state index in [1.54, 1.807) is 0 Å². The third kappa shape index (κ3) is 2.83. The zero-order valence-corrected chi connectivity index (χ0v) is 18.8. The Morgan fingerprint density at radius 3 is 2.09 bits per heavy atom. The van der Waals surface area contributed by atoms with Crippen molar-refractivity contribution in [3.05, 3.63) is 107 Å². The summed E-state index contributed by atoms with van der Waals surface area (Å²) in [6.07, 6.45) is -0.313. The van der Waals surface area contributed by atoms with Gasteiger partial charge in [0.2, 0.25) is 0 Å². The van der Waals surface area contributed by atoms with Crippen LogP contribution >= 0.6 is 0 Å². The Hall–Kier alpha value is -3.96. The number of ether oxygens (including phenoxy) is 3. The zero-order valence-electron chi connectivity index (χ0n) is 18.8. The van der Waals surface area contributed by atoms with Gasteiger partial charge in [-0.05, 0) is 50.4 Å². The lowest BCUT2D eigenvalue weighted by Gasteiger charge is -2.30. The van der Waals surface area contributed by atoms with Gasteiger partial charge in [-0.2, -0.15) is 0 Å². The van der Waals surface area contributed by atoms with Crippen LogP contribution in [0.2, 0.25) is 0 Å². The standard InChI is InChI=1S/C29H22O5/c1-32-27(30)24-25(28(31)33-2)29(16-17-11-12-18-7-3-4-8-19(18)13-17)23-15-21-10-6-5-9-20(21)14-22(23)26(24)34-29/h3-15,26H,16H2,1-2H3. The second-order valence-corrected chi connectivity index (χ2v) is 8.74. The number of benzene rings is 4. The lowest BCUT2D eigenvalue weighted by molar-refractivity contribution is -0.140. The number of rotatable bonds is 4. The van der Waals surface area contributed by atoms with Crippen molar-refractivity contribution in [3.8, 4) is 0 Å². The third-order valence-electron chi connectivity index (χ3n) is 6.95. The first-order valence-electron chi connectivity index (χ1n) is 11.2. The predicted molar refractivity (Wildman–Crippen MR) is 128 cm³/mol. The first-order chi connectivity index (χ1) is 16.6. The van der Waals surface area contributed by atoms with Gasteiger partial charge in [-0.25, -0.2) is 9.59 Å². The molecule has 0 aliphatic carbocycles. The maximum atomic E-state index is 13.1. The van der Waals surface area contributed by atoms with E-state index < -0.39 is 23.6 Å². The molecule has 0 saturated carbocycles. The molecule has 0 spiro atoms. The summed E-state index contributed by atoms with van der Waals surface area (Å²) in [6.45, 7) is 0. The van der Waals surface area contributed by atoms with Crippen LogP contribution in [0.1, 0.15) is 22.8 Å². The van der Waals surface area contributed by atoms with Crippen molar-refractivity contribution in [3.63, 3.8) is 0 Å². The second-order valence-electron chi connectivity index (χ2n) is 8.74. The van der Waals surface area contributed by atoms with E-state index in [1.807, 2.05) is 42.5 Å². The number of hydrogen-bond acceptors (Lipinski definition) is 5. The lowest BCUT2D eigenvalue weighted by Crippen LogP contribution is -2.34. The molecule has 2 atom stereocenters. The highest BCUT2D eigenvalue weighted by Crippen LogP contribution is 2.60. The van der Waals surface area contributed by atoms with E-state index in [1.165, 1.54) is 14.2 Å². The lowest BCUT2D eigenvalue weighted by atomic mass is 9.73. The summed E-state index contributed by atoms with van der Waals surface area (Å²) in [6, 6.07) is 26.5. The molecule has 2 heterocycles. The molecule has 2 bridgehead atoms. The van der Waals surface area contributed by atoms with Gasteiger partial charge in [0.05, 0.1) is 25.4 Å². The number of hydrogen-bond donors (Lipinski definition) is 0. The summed E-state index contributed by atoms with van der Waals surface area (Å²) in [5.74, 6) is -1.16. The van der Waals surface area contributed by atoms with E-state index in [-0.39, 0.29) is 11.1 Å². The second kappa shape index (κ2) is 7.54. The number of methoxy groups -OCH3 is 2. The van der Waals surface area contributed by atoms with Crippen LogP contribution in [0.25, 0.3) is 21.5 Å². The predicted octanol–water partition coefficient (Wildman–Crippen LogP) is 5.16. The molecular weight excluding hydrogens is 428 g/mol. The SMILES string of the molecule is COC(=O)C1=C(C(=O)OC)C2(Cc3ccc4ccccc4c3)OC1c1cc3ccccc3cc12. The minimum atomic E-state index is -1.15. The van der Waals surface area contributed by atoms with Crippen LogP contribution in [0.15, 0.2) is 90.0 Å². The molecular formula is C29H22O5. The Balaban J connectivity index is 1.61. The van der Waals surface area contributed by atoms with E-state index in [4.69, 9.17) is 14.2 Å². The van der Waals surface area contributed by atoms with Crippen molar-refractivity contribution in [1.29, 1.82) is 0 Å². The van der Waals surface area contributed by atoms with Gasteiger partial charge >= 0.3 is 11.9 Å². The Kier molecular flexibility index (Phi) is 4.57. The van der Waals surface area contributed by atoms with Crippen LogP contribution < -0.4 is 0 Å². The molecule has 0 fully saturated rings. The summed E-state index contributed by atoms with van der Waals surface area (Å²) >= 11 is 0. The third-order valence-corrected chi connectivity index (χ3v) is 6.95. The fraction of sp³-hybridized carbons (Fsp3) is 0.172. The summed E-state index contributed by atoms with van der Waals surface area (Å²) in [4.78, 5) is 26.1. The first kappa shape index (κ1) is 20.6. The van der Waals surface area contributed by atoms with Crippen LogP contribution in [0.4, 0.5) is 0 Å². The van der Waals surface area contributed by atoms with Crippen LogP contribution in [-0.2, 0) is 35.8 Å². The molecule has 2 unspecified atom stereocenters. The van der Waals surface area contributed by atoms with E-state index in [0.29, 0.717) is 6.42 Å². The molecule has 168 valence electrons. The summed E-state index contributed by atoms with van der Waals surface area (Å²) < 4.78 is 16.9. The monoisotopic (exact) mass is 450 g/mol. The van der Waals surface area contributed by atoms with E-state index in [0.717, 1.165) is 38.2 Å². The number of esters is 2. The fourth-order valence-corrected chi connectivity index (χ4v) is 5.47. The molecule has 2 aliphatic heterocycles. The molecule has 0 radical (unpaired) electrons. The normalized spacial score (nSPS) is 20.6. The summed E-state index contributed by atoms with van der Waals surface area (Å²) in [5, 5.41) is 4.31. The molecule has 0 aromatic heterocycles. The minimum Gasteiger partial charge on any atom is -0.466 e. The Bertz CT molecular complexity index is 1530. The van der Waals surface area contributed by atoms with Crippen molar-refractivity contribution in [1.82, 2.24) is 0 Å². The topological polar surface area (TPSA) is 61.8 Å². The maximum Gasteiger partial charge on any atom is 0.337 e. The van der Waals surface area contributed by atoms with Gasteiger partial charge in [0.25, 0.3) is 0 Å². The number of fused-ring (bicyclic) bond motifs is 7. The molecule has 5 heteroatoms. The Morgan fingerprint density at radius 1 is 0.794 bits per heavy atom. The summed E-state index contributed by atoms with van der Waals surface area (Å²) in [5.41, 5.74) is 2.06. The van der Waals surface area contributed by atoms with Crippen LogP contribution in [0.5, 0.6) is 0 Å². The first-order valence-corrected chi connectivity index (χ1v) is 11.2. The highest BCUT2D eigenvalue weighted by atomic mass is 16.6. The average Bonchev–Trinajstić information content (AvgIpc) is 3.37. The molecule has 6 rings (SSSR count). The van der Waals surface area contributed by atoms with Gasteiger partial charge in [-0.15, -0.1) is 0 Å². The van der Waals surface area contributed by atoms with Gasteiger partial charge in [0, 0.05) is 6.42 Å². The van der Waals surface area contributed by atoms with Crippen molar-refractivity contribution in [2.45, 2.75) is 18.1 Å². The largest absolute Gasteiger partial charge is 0.466 e. The number of carbonyl (C=O) groups is 2. The van der Waals surface area contributed by atoms with Gasteiger partial charge < -0.3 is 14.2 Å². The van der Waals surface area contributed by atoms with Crippen molar-refractivity contribution in [2.24, 2.45) is 0 Å². The van der Waals surface area contributed by atoms with Crippen molar-refractivity contribution >= 4 is 33.5 Å². The minimum absolute atomic E-state index is 0.220. The zero-order chi connectivity index (χ0) is 23.4. The average molecular weight is 450 g/mol.